The molecule has 0 atom stereocenters. The Morgan fingerprint density at radius 2 is 2.24 bits per heavy atom. The molecule has 3 rings (SSSR count). The second-order valence-electron chi connectivity index (χ2n) is 6.04. The Hall–Kier alpha value is -1.55. The summed E-state index contributed by atoms with van der Waals surface area (Å²) in [5.74, 6) is 0.0668. The van der Waals surface area contributed by atoms with Gasteiger partial charge in [-0.2, -0.15) is 0 Å². The van der Waals surface area contributed by atoms with Gasteiger partial charge in [-0.3, -0.25) is 4.79 Å². The molecular formula is C17H25N3O. The van der Waals surface area contributed by atoms with E-state index in [1.807, 2.05) is 18.3 Å². The van der Waals surface area contributed by atoms with E-state index in [1.165, 1.54) is 24.8 Å². The first-order valence-electron chi connectivity index (χ1n) is 8.18. The monoisotopic (exact) mass is 287 g/mol. The van der Waals surface area contributed by atoms with Gasteiger partial charge in [-0.15, -0.1) is 0 Å². The van der Waals surface area contributed by atoms with Gasteiger partial charge in [0.2, 0.25) is 0 Å². The summed E-state index contributed by atoms with van der Waals surface area (Å²) < 4.78 is 2.16. The molecule has 0 aromatic carbocycles. The number of carbonyl (C=O) groups excluding carboxylic acids is 1. The molecular weight excluding hydrogens is 262 g/mol. The summed E-state index contributed by atoms with van der Waals surface area (Å²) in [6, 6.07) is 4.38. The zero-order valence-electron chi connectivity index (χ0n) is 12.6. The molecule has 4 heteroatoms. The van der Waals surface area contributed by atoms with Crippen molar-refractivity contribution in [3.63, 3.8) is 0 Å². The van der Waals surface area contributed by atoms with Gasteiger partial charge in [0.25, 0.3) is 5.91 Å². The topological polar surface area (TPSA) is 46.1 Å². The van der Waals surface area contributed by atoms with Gasteiger partial charge in [-0.05, 0) is 63.7 Å². The van der Waals surface area contributed by atoms with Crippen molar-refractivity contribution in [3.05, 3.63) is 35.7 Å². The SMILES string of the molecule is O=C(NCCC1=CCCC1)c1cccn1C1CCNCC1. The number of piperidine rings is 1. The summed E-state index contributed by atoms with van der Waals surface area (Å²) in [5, 5.41) is 6.45. The van der Waals surface area contributed by atoms with Crippen LogP contribution in [0.2, 0.25) is 0 Å². The molecule has 21 heavy (non-hydrogen) atoms. The largest absolute Gasteiger partial charge is 0.350 e. The molecule has 1 aromatic heterocycles. The maximum absolute atomic E-state index is 12.4. The van der Waals surface area contributed by atoms with Crippen LogP contribution in [0.4, 0.5) is 0 Å². The third kappa shape index (κ3) is 3.56. The van der Waals surface area contributed by atoms with Crippen LogP contribution in [0.25, 0.3) is 0 Å². The van der Waals surface area contributed by atoms with E-state index in [0.717, 1.165) is 44.6 Å². The van der Waals surface area contributed by atoms with Crippen LogP contribution >= 0.6 is 0 Å². The summed E-state index contributed by atoms with van der Waals surface area (Å²) in [5.41, 5.74) is 2.31. The third-order valence-electron chi connectivity index (χ3n) is 4.58. The van der Waals surface area contributed by atoms with Gasteiger partial charge in [0.15, 0.2) is 0 Å². The fraction of sp³-hybridized carbons (Fsp3) is 0.588. The van der Waals surface area contributed by atoms with Crippen molar-refractivity contribution in [2.24, 2.45) is 0 Å². The molecule has 0 spiro atoms. The molecule has 2 aliphatic rings. The predicted octanol–water partition coefficient (Wildman–Crippen LogP) is 2.64. The molecule has 0 saturated carbocycles. The van der Waals surface area contributed by atoms with Crippen LogP contribution in [0, 0.1) is 0 Å². The first kappa shape index (κ1) is 14.4. The molecule has 0 unspecified atom stereocenters. The lowest BCUT2D eigenvalue weighted by Crippen LogP contribution is -2.32. The van der Waals surface area contributed by atoms with E-state index in [4.69, 9.17) is 0 Å². The minimum absolute atomic E-state index is 0.0668. The molecule has 0 bridgehead atoms. The molecule has 1 aromatic rings. The second-order valence-corrected chi connectivity index (χ2v) is 6.04. The van der Waals surface area contributed by atoms with Crippen LogP contribution in [0.5, 0.6) is 0 Å². The van der Waals surface area contributed by atoms with Gasteiger partial charge >= 0.3 is 0 Å². The Bertz CT molecular complexity index is 512. The van der Waals surface area contributed by atoms with Crippen LogP contribution < -0.4 is 10.6 Å². The highest BCUT2D eigenvalue weighted by Crippen LogP contribution is 2.22. The molecule has 1 aliphatic heterocycles. The van der Waals surface area contributed by atoms with Crippen molar-refractivity contribution >= 4 is 5.91 Å². The average Bonchev–Trinajstić information content (AvgIpc) is 3.19. The van der Waals surface area contributed by atoms with Crippen LogP contribution in [0.15, 0.2) is 30.0 Å². The Labute approximate surface area is 126 Å². The highest BCUT2D eigenvalue weighted by molar-refractivity contribution is 5.92. The number of amides is 1. The maximum atomic E-state index is 12.4. The van der Waals surface area contributed by atoms with Crippen LogP contribution in [-0.4, -0.2) is 30.1 Å². The lowest BCUT2D eigenvalue weighted by Gasteiger charge is -2.25. The molecule has 114 valence electrons. The van der Waals surface area contributed by atoms with E-state index in [2.05, 4.69) is 21.3 Å². The minimum atomic E-state index is 0.0668. The highest BCUT2D eigenvalue weighted by atomic mass is 16.1. The van der Waals surface area contributed by atoms with Gasteiger partial charge in [0.1, 0.15) is 5.69 Å². The predicted molar refractivity (Wildman–Crippen MR) is 84.5 cm³/mol. The zero-order valence-corrected chi connectivity index (χ0v) is 12.6. The van der Waals surface area contributed by atoms with Gasteiger partial charge in [0.05, 0.1) is 0 Å². The summed E-state index contributed by atoms with van der Waals surface area (Å²) in [6.07, 6.45) is 11.3. The van der Waals surface area contributed by atoms with E-state index < -0.39 is 0 Å². The standard InChI is InChI=1S/C17H25N3O/c21-17(19-12-7-14-4-1-2-5-14)16-6-3-13-20(16)15-8-10-18-11-9-15/h3-4,6,13,15,18H,1-2,5,7-12H2,(H,19,21). The summed E-state index contributed by atoms with van der Waals surface area (Å²) in [6.45, 7) is 2.83. The van der Waals surface area contributed by atoms with E-state index in [-0.39, 0.29) is 5.91 Å². The van der Waals surface area contributed by atoms with Crippen LogP contribution in [0.1, 0.15) is 55.1 Å². The van der Waals surface area contributed by atoms with E-state index in [1.54, 1.807) is 0 Å². The Morgan fingerprint density at radius 1 is 1.38 bits per heavy atom. The summed E-state index contributed by atoms with van der Waals surface area (Å²) in [4.78, 5) is 12.4. The normalized spacial score (nSPS) is 19.5. The number of aromatic nitrogens is 1. The zero-order chi connectivity index (χ0) is 14.5. The van der Waals surface area contributed by atoms with Gasteiger partial charge in [0, 0.05) is 18.8 Å². The lowest BCUT2D eigenvalue weighted by atomic mass is 10.1. The molecule has 2 heterocycles. The van der Waals surface area contributed by atoms with Crippen molar-refractivity contribution in [1.82, 2.24) is 15.2 Å². The molecule has 0 radical (unpaired) electrons. The number of nitrogens with zero attached hydrogens (tertiary/aromatic N) is 1. The van der Waals surface area contributed by atoms with Crippen molar-refractivity contribution < 1.29 is 4.79 Å². The summed E-state index contributed by atoms with van der Waals surface area (Å²) >= 11 is 0. The first-order valence-corrected chi connectivity index (χ1v) is 8.18. The van der Waals surface area contributed by atoms with E-state index >= 15 is 0 Å². The fourth-order valence-corrected chi connectivity index (χ4v) is 3.38. The molecule has 1 fully saturated rings. The van der Waals surface area contributed by atoms with E-state index in [0.29, 0.717) is 6.04 Å². The number of nitrogens with one attached hydrogen (secondary N) is 2. The molecule has 4 nitrogen and oxygen atoms in total. The Kier molecular flexibility index (Phi) is 4.76. The minimum Gasteiger partial charge on any atom is -0.350 e. The Morgan fingerprint density at radius 3 is 3.00 bits per heavy atom. The smallest absolute Gasteiger partial charge is 0.267 e. The molecule has 1 saturated heterocycles. The number of hydrogen-bond acceptors (Lipinski definition) is 2. The molecule has 1 amide bonds. The Balaban J connectivity index is 1.55. The highest BCUT2D eigenvalue weighted by Gasteiger charge is 2.19. The number of hydrogen-bond donors (Lipinski definition) is 2. The van der Waals surface area contributed by atoms with E-state index in [9.17, 15) is 4.79 Å². The number of carbonyl (C=O) groups is 1. The third-order valence-corrected chi connectivity index (χ3v) is 4.58. The maximum Gasteiger partial charge on any atom is 0.267 e. The van der Waals surface area contributed by atoms with Crippen molar-refractivity contribution in [1.29, 1.82) is 0 Å². The van der Waals surface area contributed by atoms with Crippen molar-refractivity contribution in [3.8, 4) is 0 Å². The molecule has 1 aliphatic carbocycles. The fourth-order valence-electron chi connectivity index (χ4n) is 3.38. The van der Waals surface area contributed by atoms with Crippen molar-refractivity contribution in [2.75, 3.05) is 19.6 Å². The summed E-state index contributed by atoms with van der Waals surface area (Å²) in [7, 11) is 0. The number of allylic oxidation sites excluding steroid dienone is 1. The van der Waals surface area contributed by atoms with Crippen molar-refractivity contribution in [2.45, 2.75) is 44.6 Å². The quantitative estimate of drug-likeness (QED) is 0.818. The van der Waals surface area contributed by atoms with Crippen LogP contribution in [-0.2, 0) is 0 Å². The number of rotatable bonds is 5. The lowest BCUT2D eigenvalue weighted by molar-refractivity contribution is 0.0941. The first-order chi connectivity index (χ1) is 10.3. The average molecular weight is 287 g/mol. The second kappa shape index (κ2) is 6.94. The molecule has 2 N–H and O–H groups in total. The van der Waals surface area contributed by atoms with Gasteiger partial charge in [-0.25, -0.2) is 0 Å². The van der Waals surface area contributed by atoms with Gasteiger partial charge in [-0.1, -0.05) is 11.6 Å². The van der Waals surface area contributed by atoms with Gasteiger partial charge < -0.3 is 15.2 Å². The van der Waals surface area contributed by atoms with Crippen LogP contribution in [0.3, 0.4) is 0 Å².